The number of aliphatic imine (C=N–C) groups is 1. The molecule has 0 aliphatic heterocycles. The van der Waals surface area contributed by atoms with E-state index in [2.05, 4.69) is 143 Å². The van der Waals surface area contributed by atoms with E-state index in [1.54, 1.807) is 11.3 Å². The second-order valence-electron chi connectivity index (χ2n) is 14.2. The van der Waals surface area contributed by atoms with Crippen LogP contribution in [0.15, 0.2) is 179 Å². The van der Waals surface area contributed by atoms with Crippen LogP contribution in [-0.4, -0.2) is 16.1 Å². The lowest BCUT2D eigenvalue weighted by molar-refractivity contribution is 0.669. The highest BCUT2D eigenvalue weighted by Crippen LogP contribution is 2.45. The molecule has 0 atom stereocenters. The molecule has 0 amide bonds. The standard InChI is InChI=1S/C50H29N3OS/c51-49(30-21-23-36-35-16-7-9-19-43(35)54-44(36)27-30)50(52-40-28-55-45-20-10-8-18-39(40)45)53-41-25-22-29-11-1-2-12-31(29)47(41)48-42(53)26-24-38-34-15-4-3-13-32(34)33-14-5-6-17-37(33)46(38)48/h1-28,51H/b51-49?,52-50+. The van der Waals surface area contributed by atoms with Crippen LogP contribution < -0.4 is 0 Å². The average Bonchev–Trinajstić information content (AvgIpc) is 3.94. The van der Waals surface area contributed by atoms with Gasteiger partial charge in [-0.3, -0.25) is 9.98 Å². The van der Waals surface area contributed by atoms with Crippen LogP contribution in [0, 0.1) is 5.41 Å². The molecule has 0 radical (unpaired) electrons. The van der Waals surface area contributed by atoms with Crippen molar-refractivity contribution in [3.8, 4) is 0 Å². The molecule has 3 aromatic heterocycles. The van der Waals surface area contributed by atoms with Crippen molar-refractivity contribution < 1.29 is 4.42 Å². The first kappa shape index (κ1) is 30.4. The van der Waals surface area contributed by atoms with Crippen molar-refractivity contribution in [2.75, 3.05) is 0 Å². The number of furan rings is 1. The zero-order chi connectivity index (χ0) is 36.2. The first-order valence-electron chi connectivity index (χ1n) is 18.5. The monoisotopic (exact) mass is 719 g/mol. The van der Waals surface area contributed by atoms with E-state index in [0.29, 0.717) is 11.5 Å². The number of fused-ring (bicyclic) bond motifs is 16. The molecule has 0 saturated carbocycles. The summed E-state index contributed by atoms with van der Waals surface area (Å²) >= 11 is 1.68. The Hall–Kier alpha value is -7.08. The summed E-state index contributed by atoms with van der Waals surface area (Å²) < 4.78 is 9.74. The number of hydrogen-bond donors (Lipinski definition) is 1. The van der Waals surface area contributed by atoms with Crippen LogP contribution in [0.1, 0.15) is 5.56 Å². The summed E-state index contributed by atoms with van der Waals surface area (Å²) in [4.78, 5) is 5.50. The molecule has 256 valence electrons. The van der Waals surface area contributed by atoms with Crippen molar-refractivity contribution in [1.82, 2.24) is 4.57 Å². The summed E-state index contributed by atoms with van der Waals surface area (Å²) in [5.41, 5.74) is 5.49. The maximum Gasteiger partial charge on any atom is 0.164 e. The van der Waals surface area contributed by atoms with Gasteiger partial charge in [-0.05, 0) is 74.1 Å². The van der Waals surface area contributed by atoms with Gasteiger partial charge in [0.15, 0.2) is 5.84 Å². The fourth-order valence-electron chi connectivity index (χ4n) is 8.88. The summed E-state index contributed by atoms with van der Waals surface area (Å²) in [6.45, 7) is 0. The predicted octanol–water partition coefficient (Wildman–Crippen LogP) is 14.2. The molecule has 0 spiro atoms. The molecule has 12 aromatic rings. The van der Waals surface area contributed by atoms with Gasteiger partial charge in [0, 0.05) is 48.0 Å². The zero-order valence-electron chi connectivity index (χ0n) is 29.4. The normalized spacial score (nSPS) is 12.5. The van der Waals surface area contributed by atoms with Gasteiger partial charge in [-0.15, -0.1) is 11.3 Å². The minimum absolute atomic E-state index is 0.313. The molecule has 12 rings (SSSR count). The highest BCUT2D eigenvalue weighted by Gasteiger charge is 2.25. The molecule has 0 aliphatic rings. The number of thiophene rings is 1. The lowest BCUT2D eigenvalue weighted by atomic mass is 9.91. The molecule has 0 bridgehead atoms. The Balaban J connectivity index is 1.24. The molecule has 3 heterocycles. The Morgan fingerprint density at radius 1 is 0.491 bits per heavy atom. The number of para-hydroxylation sites is 1. The van der Waals surface area contributed by atoms with Gasteiger partial charge in [-0.25, -0.2) is 4.99 Å². The van der Waals surface area contributed by atoms with E-state index in [1.807, 2.05) is 30.3 Å². The van der Waals surface area contributed by atoms with E-state index in [9.17, 15) is 5.41 Å². The van der Waals surface area contributed by atoms with Gasteiger partial charge in [0.1, 0.15) is 16.9 Å². The highest BCUT2D eigenvalue weighted by molar-refractivity contribution is 7.17. The number of hydrogen-bond acceptors (Lipinski definition) is 4. The van der Waals surface area contributed by atoms with Crippen LogP contribution in [0.4, 0.5) is 5.69 Å². The maximum absolute atomic E-state index is 10.1. The van der Waals surface area contributed by atoms with Crippen LogP contribution in [0.5, 0.6) is 0 Å². The molecule has 9 aromatic carbocycles. The van der Waals surface area contributed by atoms with Crippen molar-refractivity contribution in [1.29, 1.82) is 5.41 Å². The third-order valence-electron chi connectivity index (χ3n) is 11.3. The second-order valence-corrected chi connectivity index (χ2v) is 15.1. The molecule has 0 saturated heterocycles. The largest absolute Gasteiger partial charge is 0.456 e. The molecule has 55 heavy (non-hydrogen) atoms. The van der Waals surface area contributed by atoms with Gasteiger partial charge in [0.05, 0.1) is 16.7 Å². The predicted molar refractivity (Wildman–Crippen MR) is 234 cm³/mol. The average molecular weight is 720 g/mol. The summed E-state index contributed by atoms with van der Waals surface area (Å²) in [5.74, 6) is 0.554. The van der Waals surface area contributed by atoms with Crippen LogP contribution >= 0.6 is 11.3 Å². The lowest BCUT2D eigenvalue weighted by Gasteiger charge is -2.15. The summed E-state index contributed by atoms with van der Waals surface area (Å²) in [6.07, 6.45) is 0. The van der Waals surface area contributed by atoms with E-state index in [0.717, 1.165) is 65.1 Å². The minimum Gasteiger partial charge on any atom is -0.456 e. The molecule has 0 unspecified atom stereocenters. The third-order valence-corrected chi connectivity index (χ3v) is 12.3. The number of aromatic nitrogens is 1. The van der Waals surface area contributed by atoms with E-state index in [1.165, 1.54) is 43.1 Å². The Morgan fingerprint density at radius 2 is 1.07 bits per heavy atom. The molecule has 4 nitrogen and oxygen atoms in total. The molecule has 5 heteroatoms. The number of benzene rings is 9. The van der Waals surface area contributed by atoms with Crippen molar-refractivity contribution >= 4 is 125 Å². The van der Waals surface area contributed by atoms with Crippen LogP contribution in [-0.2, 0) is 0 Å². The van der Waals surface area contributed by atoms with Gasteiger partial charge in [-0.1, -0.05) is 127 Å². The molecular formula is C50H29N3OS. The number of rotatable bonds is 3. The van der Waals surface area contributed by atoms with Crippen LogP contribution in [0.25, 0.3) is 96.9 Å². The van der Waals surface area contributed by atoms with Crippen molar-refractivity contribution in [2.24, 2.45) is 4.99 Å². The molecule has 0 fully saturated rings. The molecule has 1 N–H and O–H groups in total. The van der Waals surface area contributed by atoms with Gasteiger partial charge >= 0.3 is 0 Å². The van der Waals surface area contributed by atoms with E-state index in [4.69, 9.17) is 9.41 Å². The number of nitrogens with one attached hydrogen (secondary N) is 1. The fraction of sp³-hybridized carbons (Fsp3) is 0. The first-order valence-corrected chi connectivity index (χ1v) is 19.3. The fourth-order valence-corrected chi connectivity index (χ4v) is 9.76. The van der Waals surface area contributed by atoms with Gasteiger partial charge in [0.2, 0.25) is 0 Å². The Morgan fingerprint density at radius 3 is 1.89 bits per heavy atom. The summed E-state index contributed by atoms with van der Waals surface area (Å²) in [5, 5.41) is 27.4. The SMILES string of the molecule is N=C(/C(=N\c1csc2ccccc12)n1c2ccc3ccccc3c2c2c3c4ccccc4c4ccccc4c3ccc21)c1ccc2c(c1)oc1ccccc12. The van der Waals surface area contributed by atoms with Gasteiger partial charge in [-0.2, -0.15) is 0 Å². The summed E-state index contributed by atoms with van der Waals surface area (Å²) in [7, 11) is 0. The van der Waals surface area contributed by atoms with Crippen LogP contribution in [0.3, 0.4) is 0 Å². The smallest absolute Gasteiger partial charge is 0.164 e. The third kappa shape index (κ3) is 4.33. The second kappa shape index (κ2) is 11.5. The Labute approximate surface area is 318 Å². The number of nitrogens with zero attached hydrogens (tertiary/aromatic N) is 2. The highest BCUT2D eigenvalue weighted by atomic mass is 32.1. The van der Waals surface area contributed by atoms with E-state index in [-0.39, 0.29) is 0 Å². The summed E-state index contributed by atoms with van der Waals surface area (Å²) in [6, 6.07) is 57.7. The first-order chi connectivity index (χ1) is 27.2. The Bertz CT molecular complexity index is 3600. The van der Waals surface area contributed by atoms with E-state index >= 15 is 0 Å². The zero-order valence-corrected chi connectivity index (χ0v) is 30.2. The van der Waals surface area contributed by atoms with Gasteiger partial charge < -0.3 is 4.42 Å². The van der Waals surface area contributed by atoms with Crippen LogP contribution in [0.2, 0.25) is 0 Å². The molecule has 0 aliphatic carbocycles. The lowest BCUT2D eigenvalue weighted by Crippen LogP contribution is -2.23. The van der Waals surface area contributed by atoms with Gasteiger partial charge in [0.25, 0.3) is 0 Å². The minimum atomic E-state index is 0.313. The topological polar surface area (TPSA) is 54.3 Å². The van der Waals surface area contributed by atoms with Crippen molar-refractivity contribution in [3.63, 3.8) is 0 Å². The van der Waals surface area contributed by atoms with Crippen molar-refractivity contribution in [2.45, 2.75) is 0 Å². The Kier molecular flexibility index (Phi) is 6.33. The van der Waals surface area contributed by atoms with Crippen molar-refractivity contribution in [3.05, 3.63) is 175 Å². The quantitative estimate of drug-likeness (QED) is 0.110. The molecular weight excluding hydrogens is 691 g/mol. The maximum atomic E-state index is 10.1. The van der Waals surface area contributed by atoms with E-state index < -0.39 is 0 Å².